The van der Waals surface area contributed by atoms with Gasteiger partial charge in [0.2, 0.25) is 0 Å². The minimum Gasteiger partial charge on any atom is -0.496 e. The Morgan fingerprint density at radius 2 is 2.00 bits per heavy atom. The first-order chi connectivity index (χ1) is 13.1. The number of methoxy groups -OCH3 is 2. The second-order valence-electron chi connectivity index (χ2n) is 5.72. The standard InChI is InChI=1S/C18H16N4O3S2/c1-24-12-8-7-10(15(25-2)14(12)16(19)23)18(22-20-9-26-18)17-21-11-5-3-4-6-13(11)27-17/h3-9,22H,1-2H3,(H2,19,23). The van der Waals surface area contributed by atoms with Crippen molar-refractivity contribution in [3.8, 4) is 11.5 Å². The van der Waals surface area contributed by atoms with E-state index in [2.05, 4.69) is 10.5 Å². The highest BCUT2D eigenvalue weighted by molar-refractivity contribution is 8.13. The van der Waals surface area contributed by atoms with Crippen LogP contribution in [-0.2, 0) is 4.87 Å². The van der Waals surface area contributed by atoms with Gasteiger partial charge in [0.25, 0.3) is 5.91 Å². The highest BCUT2D eigenvalue weighted by atomic mass is 32.2. The van der Waals surface area contributed by atoms with Crippen LogP contribution in [0.15, 0.2) is 41.5 Å². The van der Waals surface area contributed by atoms with E-state index in [-0.39, 0.29) is 5.56 Å². The summed E-state index contributed by atoms with van der Waals surface area (Å²) in [5, 5.41) is 5.00. The van der Waals surface area contributed by atoms with Crippen LogP contribution in [0.1, 0.15) is 20.9 Å². The van der Waals surface area contributed by atoms with Gasteiger partial charge in [-0.3, -0.25) is 10.2 Å². The van der Waals surface area contributed by atoms with E-state index in [1.54, 1.807) is 22.9 Å². The van der Waals surface area contributed by atoms with Crippen molar-refractivity contribution in [2.24, 2.45) is 10.8 Å². The summed E-state index contributed by atoms with van der Waals surface area (Å²) in [6, 6.07) is 11.4. The van der Waals surface area contributed by atoms with Crippen molar-refractivity contribution >= 4 is 44.8 Å². The van der Waals surface area contributed by atoms with Crippen LogP contribution >= 0.6 is 23.1 Å². The van der Waals surface area contributed by atoms with Crippen LogP contribution in [0.4, 0.5) is 0 Å². The van der Waals surface area contributed by atoms with Gasteiger partial charge in [0.05, 0.1) is 30.0 Å². The van der Waals surface area contributed by atoms with Crippen molar-refractivity contribution in [1.82, 2.24) is 10.4 Å². The zero-order chi connectivity index (χ0) is 19.0. The lowest BCUT2D eigenvalue weighted by atomic mass is 10.0. The number of carbonyl (C=O) groups excluding carboxylic acids is 1. The number of ether oxygens (including phenoxy) is 2. The van der Waals surface area contributed by atoms with Crippen molar-refractivity contribution in [1.29, 1.82) is 0 Å². The van der Waals surface area contributed by atoms with Gasteiger partial charge in [0.15, 0.2) is 4.87 Å². The minimum atomic E-state index is -0.828. The lowest BCUT2D eigenvalue weighted by molar-refractivity contribution is 0.0994. The number of fused-ring (bicyclic) bond motifs is 1. The largest absolute Gasteiger partial charge is 0.496 e. The number of thioether (sulfide) groups is 1. The van der Waals surface area contributed by atoms with Crippen LogP contribution in [-0.4, -0.2) is 30.7 Å². The number of primary amides is 1. The van der Waals surface area contributed by atoms with Gasteiger partial charge in [-0.15, -0.1) is 11.3 Å². The van der Waals surface area contributed by atoms with Gasteiger partial charge < -0.3 is 15.2 Å². The molecule has 1 amide bonds. The molecule has 1 aliphatic heterocycles. The third kappa shape index (κ3) is 2.70. The average molecular weight is 400 g/mol. The second-order valence-corrected chi connectivity index (χ2v) is 7.81. The van der Waals surface area contributed by atoms with E-state index in [1.165, 1.54) is 26.0 Å². The SMILES string of the molecule is COc1ccc(C2(c3nc4ccccc4s3)NN=CS2)c(OC)c1C(N)=O. The number of hydrazone groups is 1. The summed E-state index contributed by atoms with van der Waals surface area (Å²) in [7, 11) is 2.98. The number of aromatic nitrogens is 1. The number of nitrogens with zero attached hydrogens (tertiary/aromatic N) is 2. The van der Waals surface area contributed by atoms with Crippen LogP contribution in [0.25, 0.3) is 10.2 Å². The Bertz CT molecular complexity index is 1020. The molecule has 1 aromatic heterocycles. The second kappa shape index (κ2) is 6.75. The van der Waals surface area contributed by atoms with Gasteiger partial charge in [0, 0.05) is 5.56 Å². The monoisotopic (exact) mass is 400 g/mol. The van der Waals surface area contributed by atoms with E-state index in [0.717, 1.165) is 15.2 Å². The number of benzene rings is 2. The third-order valence-electron chi connectivity index (χ3n) is 4.27. The number of carbonyl (C=O) groups is 1. The Morgan fingerprint density at radius 1 is 1.19 bits per heavy atom. The fraction of sp³-hybridized carbons (Fsp3) is 0.167. The van der Waals surface area contributed by atoms with E-state index in [9.17, 15) is 4.79 Å². The first-order valence-electron chi connectivity index (χ1n) is 7.98. The highest BCUT2D eigenvalue weighted by Crippen LogP contribution is 2.49. The van der Waals surface area contributed by atoms with Crippen LogP contribution in [0.5, 0.6) is 11.5 Å². The Labute approximate surface area is 163 Å². The molecular weight excluding hydrogens is 384 g/mol. The molecule has 27 heavy (non-hydrogen) atoms. The molecule has 138 valence electrons. The summed E-state index contributed by atoms with van der Waals surface area (Å²) in [5.74, 6) is 0.0620. The summed E-state index contributed by atoms with van der Waals surface area (Å²) in [5.41, 5.74) is 12.2. The highest BCUT2D eigenvalue weighted by Gasteiger charge is 2.44. The number of para-hydroxylation sites is 1. The first-order valence-corrected chi connectivity index (χ1v) is 9.68. The third-order valence-corrected chi connectivity index (χ3v) is 6.62. The Hall–Kier alpha value is -2.78. The first kappa shape index (κ1) is 17.6. The van der Waals surface area contributed by atoms with Gasteiger partial charge in [-0.1, -0.05) is 23.9 Å². The quantitative estimate of drug-likeness (QED) is 0.683. The molecular formula is C18H16N4O3S2. The summed E-state index contributed by atoms with van der Waals surface area (Å²) >= 11 is 3.00. The van der Waals surface area contributed by atoms with E-state index in [1.807, 2.05) is 30.3 Å². The molecule has 3 aromatic rings. The molecule has 1 aliphatic rings. The molecule has 0 saturated carbocycles. The number of rotatable bonds is 5. The summed E-state index contributed by atoms with van der Waals surface area (Å²) in [6.07, 6.45) is 0. The van der Waals surface area contributed by atoms with Gasteiger partial charge in [-0.05, 0) is 24.3 Å². The zero-order valence-corrected chi connectivity index (χ0v) is 16.2. The minimum absolute atomic E-state index is 0.187. The number of thiazole rings is 1. The Balaban J connectivity index is 1.98. The predicted octanol–water partition coefficient (Wildman–Crippen LogP) is 2.89. The Morgan fingerprint density at radius 3 is 2.63 bits per heavy atom. The number of nitrogens with two attached hydrogens (primary N) is 1. The fourth-order valence-electron chi connectivity index (χ4n) is 3.07. The van der Waals surface area contributed by atoms with Crippen LogP contribution in [0, 0.1) is 0 Å². The Kier molecular flexibility index (Phi) is 4.40. The molecule has 9 heteroatoms. The molecule has 0 aliphatic carbocycles. The molecule has 2 heterocycles. The molecule has 0 radical (unpaired) electrons. The lowest BCUT2D eigenvalue weighted by Gasteiger charge is -2.28. The van der Waals surface area contributed by atoms with E-state index in [0.29, 0.717) is 17.1 Å². The van der Waals surface area contributed by atoms with Crippen molar-refractivity contribution in [3.63, 3.8) is 0 Å². The smallest absolute Gasteiger partial charge is 0.256 e. The van der Waals surface area contributed by atoms with E-state index >= 15 is 0 Å². The number of hydrogen-bond acceptors (Lipinski definition) is 8. The number of nitrogens with one attached hydrogen (secondary N) is 1. The molecule has 2 aromatic carbocycles. The molecule has 7 nitrogen and oxygen atoms in total. The van der Waals surface area contributed by atoms with Gasteiger partial charge in [-0.2, -0.15) is 5.10 Å². The van der Waals surface area contributed by atoms with Crippen molar-refractivity contribution in [2.75, 3.05) is 14.2 Å². The molecule has 3 N–H and O–H groups in total. The van der Waals surface area contributed by atoms with Gasteiger partial charge >= 0.3 is 0 Å². The topological polar surface area (TPSA) is 98.8 Å². The van der Waals surface area contributed by atoms with Crippen molar-refractivity contribution in [2.45, 2.75) is 4.87 Å². The van der Waals surface area contributed by atoms with E-state index in [4.69, 9.17) is 20.2 Å². The molecule has 0 spiro atoms. The van der Waals surface area contributed by atoms with E-state index < -0.39 is 10.8 Å². The number of amides is 1. The average Bonchev–Trinajstić information content (AvgIpc) is 3.34. The van der Waals surface area contributed by atoms with Crippen LogP contribution in [0.2, 0.25) is 0 Å². The van der Waals surface area contributed by atoms with Crippen LogP contribution in [0.3, 0.4) is 0 Å². The predicted molar refractivity (Wildman–Crippen MR) is 108 cm³/mol. The molecule has 0 bridgehead atoms. The van der Waals surface area contributed by atoms with Crippen molar-refractivity contribution < 1.29 is 14.3 Å². The number of hydrogen-bond donors (Lipinski definition) is 2. The summed E-state index contributed by atoms with van der Waals surface area (Å²) < 4.78 is 12.0. The van der Waals surface area contributed by atoms with Gasteiger partial charge in [0.1, 0.15) is 22.1 Å². The maximum atomic E-state index is 12.1. The molecule has 0 fully saturated rings. The molecule has 1 atom stereocenters. The molecule has 0 saturated heterocycles. The molecule has 1 unspecified atom stereocenters. The van der Waals surface area contributed by atoms with Crippen molar-refractivity contribution in [3.05, 3.63) is 52.5 Å². The van der Waals surface area contributed by atoms with Gasteiger partial charge in [-0.25, -0.2) is 4.98 Å². The summed E-state index contributed by atoms with van der Waals surface area (Å²) in [6.45, 7) is 0. The lowest BCUT2D eigenvalue weighted by Crippen LogP contribution is -2.35. The normalized spacial score (nSPS) is 18.4. The fourth-order valence-corrected chi connectivity index (χ4v) is 5.16. The molecule has 4 rings (SSSR count). The maximum absolute atomic E-state index is 12.1. The zero-order valence-electron chi connectivity index (χ0n) is 14.6. The maximum Gasteiger partial charge on any atom is 0.256 e. The van der Waals surface area contributed by atoms with Crippen LogP contribution < -0.4 is 20.6 Å². The summed E-state index contributed by atoms with van der Waals surface area (Å²) in [4.78, 5) is 16.1.